The van der Waals surface area contributed by atoms with Gasteiger partial charge in [0.25, 0.3) is 0 Å². The second kappa shape index (κ2) is 8.64. The SMILES string of the molecule is Fc1ccc(CNc2cc(NCc3ccc(F)cc3F)cc(C(F)(F)F)c2)c(F)c1. The minimum atomic E-state index is -4.66. The molecule has 3 aromatic carbocycles. The molecular weight excluding hydrogens is 413 g/mol. The van der Waals surface area contributed by atoms with Crippen LogP contribution in [0, 0.1) is 23.3 Å². The Kier molecular flexibility index (Phi) is 6.19. The van der Waals surface area contributed by atoms with E-state index in [1.165, 1.54) is 18.2 Å². The molecule has 30 heavy (non-hydrogen) atoms. The minimum absolute atomic E-state index is 0.0237. The average Bonchev–Trinajstić information content (AvgIpc) is 2.66. The van der Waals surface area contributed by atoms with Crippen LogP contribution in [-0.2, 0) is 19.3 Å². The number of benzene rings is 3. The first-order valence-electron chi connectivity index (χ1n) is 8.70. The van der Waals surface area contributed by atoms with E-state index >= 15 is 0 Å². The standard InChI is InChI=1S/C21H15F7N2/c22-15-3-1-12(19(24)7-15)10-29-17-5-14(21(26,27)28)6-18(9-17)30-11-13-2-4-16(23)8-20(13)25/h1-9,29-30H,10-11H2. The predicted molar refractivity (Wildman–Crippen MR) is 98.8 cm³/mol. The highest BCUT2D eigenvalue weighted by Crippen LogP contribution is 2.34. The van der Waals surface area contributed by atoms with Gasteiger partial charge >= 0.3 is 6.18 Å². The molecule has 2 N–H and O–H groups in total. The fourth-order valence-electron chi connectivity index (χ4n) is 2.72. The van der Waals surface area contributed by atoms with Crippen molar-refractivity contribution >= 4 is 11.4 Å². The van der Waals surface area contributed by atoms with Gasteiger partial charge in [-0.1, -0.05) is 12.1 Å². The van der Waals surface area contributed by atoms with Crippen LogP contribution in [0.1, 0.15) is 16.7 Å². The quantitative estimate of drug-likeness (QED) is 0.439. The van der Waals surface area contributed by atoms with Crippen LogP contribution in [0.4, 0.5) is 42.1 Å². The van der Waals surface area contributed by atoms with E-state index in [0.717, 1.165) is 24.3 Å². The minimum Gasteiger partial charge on any atom is -0.381 e. The Morgan fingerprint density at radius 1 is 0.600 bits per heavy atom. The molecule has 3 rings (SSSR count). The van der Waals surface area contributed by atoms with Gasteiger partial charge in [-0.3, -0.25) is 0 Å². The van der Waals surface area contributed by atoms with Gasteiger partial charge in [-0.05, 0) is 30.3 Å². The summed E-state index contributed by atoms with van der Waals surface area (Å²) in [4.78, 5) is 0. The topological polar surface area (TPSA) is 24.1 Å². The van der Waals surface area contributed by atoms with Crippen molar-refractivity contribution in [2.45, 2.75) is 19.3 Å². The molecule has 2 nitrogen and oxygen atoms in total. The normalized spacial score (nSPS) is 11.4. The predicted octanol–water partition coefficient (Wildman–Crippen LogP) is 6.49. The summed E-state index contributed by atoms with van der Waals surface area (Å²) in [6.07, 6.45) is -4.66. The second-order valence-electron chi connectivity index (χ2n) is 6.48. The number of alkyl halides is 3. The zero-order valence-electron chi connectivity index (χ0n) is 15.3. The van der Waals surface area contributed by atoms with E-state index in [-0.39, 0.29) is 35.6 Å². The lowest BCUT2D eigenvalue weighted by Gasteiger charge is -2.15. The summed E-state index contributed by atoms with van der Waals surface area (Å²) in [5.74, 6) is -3.20. The molecule has 0 heterocycles. The van der Waals surface area contributed by atoms with Gasteiger partial charge in [0.2, 0.25) is 0 Å². The molecule has 158 valence electrons. The van der Waals surface area contributed by atoms with Crippen LogP contribution in [0.5, 0.6) is 0 Å². The maximum atomic E-state index is 13.7. The maximum Gasteiger partial charge on any atom is 0.416 e. The van der Waals surface area contributed by atoms with Crippen LogP contribution in [-0.4, -0.2) is 0 Å². The summed E-state index contributed by atoms with van der Waals surface area (Å²) < 4.78 is 93.1. The van der Waals surface area contributed by atoms with Gasteiger partial charge in [0.1, 0.15) is 23.3 Å². The molecule has 3 aromatic rings. The molecule has 0 bridgehead atoms. The Morgan fingerprint density at radius 2 is 1.03 bits per heavy atom. The molecular formula is C21H15F7N2. The van der Waals surface area contributed by atoms with Crippen LogP contribution >= 0.6 is 0 Å². The van der Waals surface area contributed by atoms with Crippen molar-refractivity contribution in [1.82, 2.24) is 0 Å². The van der Waals surface area contributed by atoms with E-state index in [0.29, 0.717) is 12.1 Å². The average molecular weight is 428 g/mol. The zero-order valence-corrected chi connectivity index (χ0v) is 15.3. The van der Waals surface area contributed by atoms with Gasteiger partial charge in [0, 0.05) is 47.7 Å². The van der Waals surface area contributed by atoms with Gasteiger partial charge in [-0.15, -0.1) is 0 Å². The highest BCUT2D eigenvalue weighted by molar-refractivity contribution is 5.60. The van der Waals surface area contributed by atoms with Crippen LogP contribution in [0.2, 0.25) is 0 Å². The highest BCUT2D eigenvalue weighted by atomic mass is 19.4. The Bertz CT molecular complexity index is 974. The van der Waals surface area contributed by atoms with Crippen LogP contribution < -0.4 is 10.6 Å². The van der Waals surface area contributed by atoms with E-state index in [1.807, 2.05) is 0 Å². The van der Waals surface area contributed by atoms with Crippen molar-refractivity contribution in [1.29, 1.82) is 0 Å². The molecule has 0 fully saturated rings. The number of nitrogens with one attached hydrogen (secondary N) is 2. The Labute approximate surface area is 167 Å². The lowest BCUT2D eigenvalue weighted by Crippen LogP contribution is -2.10. The Morgan fingerprint density at radius 3 is 1.40 bits per heavy atom. The number of hydrogen-bond donors (Lipinski definition) is 2. The number of anilines is 2. The smallest absolute Gasteiger partial charge is 0.381 e. The van der Waals surface area contributed by atoms with Gasteiger partial charge in [0.05, 0.1) is 5.56 Å². The first-order chi connectivity index (χ1) is 14.1. The fourth-order valence-corrected chi connectivity index (χ4v) is 2.72. The van der Waals surface area contributed by atoms with Crippen molar-refractivity contribution < 1.29 is 30.7 Å². The first-order valence-corrected chi connectivity index (χ1v) is 8.70. The largest absolute Gasteiger partial charge is 0.416 e. The number of hydrogen-bond acceptors (Lipinski definition) is 2. The molecule has 9 heteroatoms. The number of halogens is 7. The van der Waals surface area contributed by atoms with Crippen molar-refractivity contribution in [2.75, 3.05) is 10.6 Å². The molecule has 0 unspecified atom stereocenters. The first kappa shape index (κ1) is 21.5. The molecule has 0 atom stereocenters. The summed E-state index contributed by atoms with van der Waals surface area (Å²) in [5.41, 5.74) is -0.797. The third-order valence-electron chi connectivity index (χ3n) is 4.26. The molecule has 0 aliphatic heterocycles. The maximum absolute atomic E-state index is 13.7. The van der Waals surface area contributed by atoms with Crippen molar-refractivity contribution in [2.24, 2.45) is 0 Å². The molecule has 0 aliphatic rings. The summed E-state index contributed by atoms with van der Waals surface area (Å²) >= 11 is 0. The van der Waals surface area contributed by atoms with E-state index in [1.54, 1.807) is 0 Å². The Balaban J connectivity index is 1.80. The summed E-state index contributed by atoms with van der Waals surface area (Å²) in [7, 11) is 0. The fraction of sp³-hybridized carbons (Fsp3) is 0.143. The monoisotopic (exact) mass is 428 g/mol. The van der Waals surface area contributed by atoms with E-state index in [9.17, 15) is 30.7 Å². The number of rotatable bonds is 6. The van der Waals surface area contributed by atoms with E-state index in [4.69, 9.17) is 0 Å². The van der Waals surface area contributed by atoms with Gasteiger partial charge < -0.3 is 10.6 Å². The van der Waals surface area contributed by atoms with E-state index in [2.05, 4.69) is 10.6 Å². The van der Waals surface area contributed by atoms with Crippen molar-refractivity contribution in [3.05, 3.63) is 94.6 Å². The van der Waals surface area contributed by atoms with E-state index < -0.39 is 35.0 Å². The van der Waals surface area contributed by atoms with Crippen LogP contribution in [0.3, 0.4) is 0 Å². The molecule has 0 amide bonds. The van der Waals surface area contributed by atoms with Crippen molar-refractivity contribution in [3.63, 3.8) is 0 Å². The third kappa shape index (κ3) is 5.43. The van der Waals surface area contributed by atoms with Gasteiger partial charge in [-0.2, -0.15) is 13.2 Å². The molecule has 0 aromatic heterocycles. The van der Waals surface area contributed by atoms with Gasteiger partial charge in [0.15, 0.2) is 0 Å². The summed E-state index contributed by atoms with van der Waals surface area (Å²) in [6, 6.07) is 8.80. The lowest BCUT2D eigenvalue weighted by molar-refractivity contribution is -0.137. The molecule has 0 aliphatic carbocycles. The Hall–Kier alpha value is -3.23. The highest BCUT2D eigenvalue weighted by Gasteiger charge is 2.31. The second-order valence-corrected chi connectivity index (χ2v) is 6.48. The molecule has 0 saturated heterocycles. The summed E-state index contributed by atoms with van der Waals surface area (Å²) in [6.45, 7) is -0.362. The molecule has 0 spiro atoms. The summed E-state index contributed by atoms with van der Waals surface area (Å²) in [5, 5.41) is 5.33. The zero-order chi connectivity index (χ0) is 21.9. The van der Waals surface area contributed by atoms with Crippen LogP contribution in [0.25, 0.3) is 0 Å². The van der Waals surface area contributed by atoms with Crippen LogP contribution in [0.15, 0.2) is 54.6 Å². The molecule has 0 saturated carbocycles. The molecule has 0 radical (unpaired) electrons. The lowest BCUT2D eigenvalue weighted by atomic mass is 10.1. The van der Waals surface area contributed by atoms with Crippen molar-refractivity contribution in [3.8, 4) is 0 Å². The van der Waals surface area contributed by atoms with Gasteiger partial charge in [-0.25, -0.2) is 17.6 Å². The third-order valence-corrected chi connectivity index (χ3v) is 4.26.